The van der Waals surface area contributed by atoms with Gasteiger partial charge in [-0.2, -0.15) is 5.26 Å². The molecule has 0 heterocycles. The molecule has 0 aromatic heterocycles. The van der Waals surface area contributed by atoms with Gasteiger partial charge in [0, 0.05) is 5.69 Å². The summed E-state index contributed by atoms with van der Waals surface area (Å²) in [7, 11) is 0. The molecule has 0 saturated heterocycles. The topological polar surface area (TPSA) is 35.8 Å². The van der Waals surface area contributed by atoms with E-state index in [0.29, 0.717) is 0 Å². The molecule has 126 valence electrons. The van der Waals surface area contributed by atoms with Gasteiger partial charge in [0.15, 0.2) is 0 Å². The van der Waals surface area contributed by atoms with E-state index in [-0.39, 0.29) is 11.3 Å². The number of rotatable bonds is 5. The number of hydrogen-bond donors (Lipinski definition) is 1. The molecule has 0 spiro atoms. The summed E-state index contributed by atoms with van der Waals surface area (Å²) >= 11 is 0. The number of nitrogens with one attached hydrogen (secondary N) is 1. The van der Waals surface area contributed by atoms with Crippen molar-refractivity contribution in [1.29, 1.82) is 5.26 Å². The molecule has 1 N–H and O–H groups in total. The molecule has 0 radical (unpaired) electrons. The molecular formula is C14H10B2F6N2-2. The van der Waals surface area contributed by atoms with E-state index in [1.165, 1.54) is 24.3 Å². The molecule has 0 bridgehead atoms. The number of halogens is 6. The first-order chi connectivity index (χ1) is 11.1. The van der Waals surface area contributed by atoms with Gasteiger partial charge in [-0.15, -0.1) is 10.9 Å². The van der Waals surface area contributed by atoms with Crippen LogP contribution in [0.25, 0.3) is 0 Å². The summed E-state index contributed by atoms with van der Waals surface area (Å²) in [5.41, 5.74) is -1.02. The summed E-state index contributed by atoms with van der Waals surface area (Å²) in [5, 5.41) is 11.8. The average Bonchev–Trinajstić information content (AvgIpc) is 2.51. The van der Waals surface area contributed by atoms with E-state index >= 15 is 0 Å². The maximum absolute atomic E-state index is 12.6. The second-order valence-corrected chi connectivity index (χ2v) is 5.14. The maximum atomic E-state index is 12.6. The summed E-state index contributed by atoms with van der Waals surface area (Å²) in [4.78, 5) is 0. The number of hydrogen-bond acceptors (Lipinski definition) is 2. The van der Waals surface area contributed by atoms with E-state index in [2.05, 4.69) is 5.32 Å². The molecule has 0 aliphatic heterocycles. The van der Waals surface area contributed by atoms with Crippen LogP contribution < -0.4 is 16.2 Å². The molecule has 2 aromatic carbocycles. The molecule has 0 aliphatic rings. The second-order valence-electron chi connectivity index (χ2n) is 5.14. The van der Waals surface area contributed by atoms with Crippen molar-refractivity contribution in [3.05, 3.63) is 54.1 Å². The predicted octanol–water partition coefficient (Wildman–Crippen LogP) is 3.47. The zero-order chi connectivity index (χ0) is 18.0. The van der Waals surface area contributed by atoms with Gasteiger partial charge >= 0.3 is 14.0 Å². The monoisotopic (exact) mass is 342 g/mol. The van der Waals surface area contributed by atoms with Gasteiger partial charge in [0.25, 0.3) is 0 Å². The van der Waals surface area contributed by atoms with Crippen molar-refractivity contribution in [3.8, 4) is 6.07 Å². The fourth-order valence-electron chi connectivity index (χ4n) is 2.06. The van der Waals surface area contributed by atoms with E-state index in [1.807, 2.05) is 6.07 Å². The van der Waals surface area contributed by atoms with Crippen LogP contribution in [0.3, 0.4) is 0 Å². The summed E-state index contributed by atoms with van der Waals surface area (Å²) < 4.78 is 75.4. The summed E-state index contributed by atoms with van der Waals surface area (Å²) in [6, 6.07) is 9.05. The Kier molecular flexibility index (Phi) is 4.83. The molecular weight excluding hydrogens is 332 g/mol. The Labute approximate surface area is 134 Å². The molecule has 10 heteroatoms. The van der Waals surface area contributed by atoms with Crippen molar-refractivity contribution in [2.45, 2.75) is 6.04 Å². The third kappa shape index (κ3) is 4.25. The molecule has 0 fully saturated rings. The smallest absolute Gasteiger partial charge is 0.445 e. The van der Waals surface area contributed by atoms with Crippen LogP contribution in [0.5, 0.6) is 0 Å². The van der Waals surface area contributed by atoms with E-state index in [9.17, 15) is 25.9 Å². The fourth-order valence-corrected chi connectivity index (χ4v) is 2.06. The summed E-state index contributed by atoms with van der Waals surface area (Å²) in [6.07, 6.45) is 0. The lowest BCUT2D eigenvalue weighted by molar-refractivity contribution is 0.499. The van der Waals surface area contributed by atoms with Crippen molar-refractivity contribution in [2.75, 3.05) is 5.32 Å². The van der Waals surface area contributed by atoms with Crippen LogP contribution in [0, 0.1) is 11.3 Å². The van der Waals surface area contributed by atoms with Crippen LogP contribution in [0.15, 0.2) is 48.5 Å². The van der Waals surface area contributed by atoms with Crippen LogP contribution in [0.1, 0.15) is 11.6 Å². The first-order valence-electron chi connectivity index (χ1n) is 6.87. The first-order valence-corrected chi connectivity index (χ1v) is 6.87. The molecule has 24 heavy (non-hydrogen) atoms. The Morgan fingerprint density at radius 2 is 1.17 bits per heavy atom. The minimum Gasteiger partial charge on any atom is -0.445 e. The highest BCUT2D eigenvalue weighted by atomic mass is 19.4. The van der Waals surface area contributed by atoms with Crippen molar-refractivity contribution >= 4 is 30.6 Å². The van der Waals surface area contributed by atoms with Crippen molar-refractivity contribution in [2.24, 2.45) is 0 Å². The standard InChI is InChI=1S/C14H10B2F6N2/c17-15(18,19)11-3-1-10(2-4-11)14(9-23)24-13-7-5-12(6-8-13)16(20,21)22/h1-8,14,24H/q-2. The maximum Gasteiger partial charge on any atom is 0.509 e. The lowest BCUT2D eigenvalue weighted by atomic mass is 9.79. The first kappa shape index (κ1) is 17.8. The minimum atomic E-state index is -5.12. The van der Waals surface area contributed by atoms with E-state index in [1.54, 1.807) is 0 Å². The Hall–Kier alpha value is -2.56. The van der Waals surface area contributed by atoms with E-state index in [4.69, 9.17) is 5.26 Å². The normalized spacial score (nSPS) is 13.2. The van der Waals surface area contributed by atoms with Crippen LogP contribution in [0.4, 0.5) is 31.6 Å². The van der Waals surface area contributed by atoms with Gasteiger partial charge in [0.1, 0.15) is 6.04 Å². The lowest BCUT2D eigenvalue weighted by Crippen LogP contribution is -2.34. The Morgan fingerprint density at radius 3 is 1.54 bits per heavy atom. The van der Waals surface area contributed by atoms with E-state index < -0.39 is 30.9 Å². The third-order valence-corrected chi connectivity index (χ3v) is 3.38. The van der Waals surface area contributed by atoms with E-state index in [0.717, 1.165) is 24.3 Å². The van der Waals surface area contributed by atoms with Crippen LogP contribution in [-0.4, -0.2) is 14.0 Å². The molecule has 0 aliphatic carbocycles. The molecule has 2 nitrogen and oxygen atoms in total. The van der Waals surface area contributed by atoms with Crippen LogP contribution in [0.2, 0.25) is 0 Å². The largest absolute Gasteiger partial charge is 0.509 e. The van der Waals surface area contributed by atoms with Gasteiger partial charge in [-0.1, -0.05) is 36.4 Å². The Bertz CT molecular complexity index is 732. The SMILES string of the molecule is N#CC(Nc1ccc([B-](F)(F)F)cc1)c1ccc([B-](F)(F)F)cc1. The predicted molar refractivity (Wildman–Crippen MR) is 82.3 cm³/mol. The number of anilines is 1. The highest BCUT2D eigenvalue weighted by Gasteiger charge is 2.26. The Balaban J connectivity index is 2.17. The van der Waals surface area contributed by atoms with Gasteiger partial charge < -0.3 is 31.2 Å². The number of nitrogens with zero attached hydrogens (tertiary/aromatic N) is 1. The molecule has 0 saturated carbocycles. The van der Waals surface area contributed by atoms with Gasteiger partial charge in [0.2, 0.25) is 0 Å². The highest BCUT2D eigenvalue weighted by Crippen LogP contribution is 2.20. The third-order valence-electron chi connectivity index (χ3n) is 3.38. The molecule has 1 unspecified atom stereocenters. The lowest BCUT2D eigenvalue weighted by Gasteiger charge is -2.19. The molecule has 2 rings (SSSR count). The van der Waals surface area contributed by atoms with Gasteiger partial charge in [-0.05, 0) is 17.7 Å². The van der Waals surface area contributed by atoms with Crippen molar-refractivity contribution in [3.63, 3.8) is 0 Å². The zero-order valence-corrected chi connectivity index (χ0v) is 12.1. The van der Waals surface area contributed by atoms with Crippen LogP contribution >= 0.6 is 0 Å². The highest BCUT2D eigenvalue weighted by molar-refractivity contribution is 6.73. The molecule has 0 amide bonds. The zero-order valence-electron chi connectivity index (χ0n) is 12.1. The van der Waals surface area contributed by atoms with Gasteiger partial charge in [0.05, 0.1) is 6.07 Å². The second kappa shape index (κ2) is 6.51. The average molecular weight is 342 g/mol. The minimum absolute atomic E-state index is 0.259. The summed E-state index contributed by atoms with van der Waals surface area (Å²) in [6.45, 7) is -10.2. The van der Waals surface area contributed by atoms with Crippen molar-refractivity contribution < 1.29 is 25.9 Å². The molecule has 2 aromatic rings. The van der Waals surface area contributed by atoms with Gasteiger partial charge in [-0.3, -0.25) is 0 Å². The van der Waals surface area contributed by atoms with Crippen LogP contribution in [-0.2, 0) is 0 Å². The number of nitriles is 1. The number of benzene rings is 2. The van der Waals surface area contributed by atoms with Gasteiger partial charge in [-0.25, -0.2) is 0 Å². The van der Waals surface area contributed by atoms with Crippen molar-refractivity contribution in [1.82, 2.24) is 0 Å². The molecule has 1 atom stereocenters. The fraction of sp³-hybridized carbons (Fsp3) is 0.0714. The Morgan fingerprint density at radius 1 is 0.750 bits per heavy atom. The quantitative estimate of drug-likeness (QED) is 0.667. The summed E-state index contributed by atoms with van der Waals surface area (Å²) in [5.74, 6) is 0.